The Balaban J connectivity index is 2.02. The van der Waals surface area contributed by atoms with Gasteiger partial charge in [0.1, 0.15) is 5.76 Å². The summed E-state index contributed by atoms with van der Waals surface area (Å²) >= 11 is 0. The van der Waals surface area contributed by atoms with Crippen LogP contribution in [-0.4, -0.2) is 16.8 Å². The van der Waals surface area contributed by atoms with E-state index < -0.39 is 10.9 Å². The molecule has 0 unspecified atom stereocenters. The van der Waals surface area contributed by atoms with Crippen molar-refractivity contribution in [2.75, 3.05) is 0 Å². The van der Waals surface area contributed by atoms with E-state index in [9.17, 15) is 14.9 Å². The summed E-state index contributed by atoms with van der Waals surface area (Å²) in [4.78, 5) is 26.4. The number of aliphatic imine (C=N–C) groups is 1. The van der Waals surface area contributed by atoms with Crippen LogP contribution in [0.5, 0.6) is 0 Å². The molecule has 0 spiro atoms. The molecule has 7 heteroatoms. The predicted molar refractivity (Wildman–Crippen MR) is 77.1 cm³/mol. The van der Waals surface area contributed by atoms with Crippen LogP contribution in [-0.2, 0) is 9.53 Å². The van der Waals surface area contributed by atoms with Crippen molar-refractivity contribution in [1.29, 1.82) is 0 Å². The fourth-order valence-electron chi connectivity index (χ4n) is 2.09. The molecule has 0 amide bonds. The lowest BCUT2D eigenvalue weighted by Crippen LogP contribution is -2.08. The van der Waals surface area contributed by atoms with Gasteiger partial charge in [0.05, 0.1) is 11.2 Å². The van der Waals surface area contributed by atoms with Gasteiger partial charge in [-0.05, 0) is 25.1 Å². The summed E-state index contributed by atoms with van der Waals surface area (Å²) in [7, 11) is 0. The first-order valence-corrected chi connectivity index (χ1v) is 6.36. The molecule has 1 aliphatic heterocycles. The Morgan fingerprint density at radius 1 is 1.27 bits per heavy atom. The third-order valence-electron chi connectivity index (χ3n) is 3.17. The summed E-state index contributed by atoms with van der Waals surface area (Å²) < 4.78 is 10.2. The van der Waals surface area contributed by atoms with E-state index in [1.165, 1.54) is 24.5 Å². The zero-order valence-corrected chi connectivity index (χ0v) is 11.5. The Kier molecular flexibility index (Phi) is 3.30. The number of carbonyl (C=O) groups excluding carboxylic acids is 1. The van der Waals surface area contributed by atoms with Gasteiger partial charge >= 0.3 is 5.97 Å². The maximum absolute atomic E-state index is 11.8. The molecule has 2 heterocycles. The number of ether oxygens (including phenoxy) is 1. The minimum atomic E-state index is -0.627. The number of nitro groups is 1. The standard InChI is InChI=1S/C15H10N2O5/c1-9-11(5-2-6-13(9)17(19)20)14-16-12(15(18)22-14)8-10-4-3-7-21-10/h2-8H,1H3/b12-8-. The topological polar surface area (TPSA) is 94.9 Å². The van der Waals surface area contributed by atoms with E-state index in [0.29, 0.717) is 16.9 Å². The van der Waals surface area contributed by atoms with Gasteiger partial charge in [0, 0.05) is 23.3 Å². The van der Waals surface area contributed by atoms with Crippen LogP contribution in [0.2, 0.25) is 0 Å². The monoisotopic (exact) mass is 298 g/mol. The van der Waals surface area contributed by atoms with Crippen LogP contribution in [0.1, 0.15) is 16.9 Å². The summed E-state index contributed by atoms with van der Waals surface area (Å²) in [6.45, 7) is 1.58. The smallest absolute Gasteiger partial charge is 0.363 e. The first-order chi connectivity index (χ1) is 10.6. The zero-order valence-electron chi connectivity index (χ0n) is 11.5. The largest absolute Gasteiger partial charge is 0.465 e. The number of hydrogen-bond acceptors (Lipinski definition) is 6. The Morgan fingerprint density at radius 2 is 2.09 bits per heavy atom. The Labute approximate surface area is 124 Å². The second-order valence-electron chi connectivity index (χ2n) is 4.56. The zero-order chi connectivity index (χ0) is 15.7. The van der Waals surface area contributed by atoms with Gasteiger partial charge in [-0.15, -0.1) is 0 Å². The molecule has 0 bridgehead atoms. The lowest BCUT2D eigenvalue weighted by atomic mass is 10.1. The number of carbonyl (C=O) groups is 1. The Morgan fingerprint density at radius 3 is 2.77 bits per heavy atom. The third-order valence-corrected chi connectivity index (χ3v) is 3.17. The van der Waals surface area contributed by atoms with E-state index >= 15 is 0 Å². The van der Waals surface area contributed by atoms with Crippen molar-refractivity contribution in [1.82, 2.24) is 0 Å². The van der Waals surface area contributed by atoms with Crippen LogP contribution < -0.4 is 0 Å². The van der Waals surface area contributed by atoms with E-state index in [2.05, 4.69) is 4.99 Å². The molecule has 0 fully saturated rings. The number of hydrogen-bond donors (Lipinski definition) is 0. The SMILES string of the molecule is Cc1c(C2=N/C(=C\c3ccco3)C(=O)O2)cccc1[N+](=O)[O-]. The van der Waals surface area contributed by atoms with Crippen LogP contribution in [0.3, 0.4) is 0 Å². The number of furan rings is 1. The van der Waals surface area contributed by atoms with Crippen molar-refractivity contribution >= 4 is 23.6 Å². The summed E-state index contributed by atoms with van der Waals surface area (Å²) in [6, 6.07) is 7.87. The summed E-state index contributed by atoms with van der Waals surface area (Å²) in [5.74, 6) is -0.117. The maximum Gasteiger partial charge on any atom is 0.363 e. The average molecular weight is 298 g/mol. The minimum absolute atomic E-state index is 0.0454. The minimum Gasteiger partial charge on any atom is -0.465 e. The molecular weight excluding hydrogens is 288 g/mol. The highest BCUT2D eigenvalue weighted by Gasteiger charge is 2.27. The van der Waals surface area contributed by atoms with E-state index in [4.69, 9.17) is 9.15 Å². The highest BCUT2D eigenvalue weighted by atomic mass is 16.6. The first kappa shape index (κ1) is 13.7. The molecular formula is C15H10N2O5. The fourth-order valence-corrected chi connectivity index (χ4v) is 2.09. The van der Waals surface area contributed by atoms with Crippen molar-refractivity contribution in [2.24, 2.45) is 4.99 Å². The Bertz CT molecular complexity index is 818. The fraction of sp³-hybridized carbons (Fsp3) is 0.0667. The van der Waals surface area contributed by atoms with Crippen molar-refractivity contribution in [3.8, 4) is 0 Å². The molecule has 2 aromatic rings. The van der Waals surface area contributed by atoms with Crippen LogP contribution in [0.25, 0.3) is 6.08 Å². The number of nitrogens with zero attached hydrogens (tertiary/aromatic N) is 2. The van der Waals surface area contributed by atoms with Gasteiger partial charge in [-0.25, -0.2) is 9.79 Å². The van der Waals surface area contributed by atoms with Crippen LogP contribution in [0.4, 0.5) is 5.69 Å². The lowest BCUT2D eigenvalue weighted by Gasteiger charge is -2.04. The molecule has 1 aromatic heterocycles. The second-order valence-corrected chi connectivity index (χ2v) is 4.56. The molecule has 1 aliphatic rings. The van der Waals surface area contributed by atoms with Gasteiger partial charge < -0.3 is 9.15 Å². The molecule has 22 heavy (non-hydrogen) atoms. The number of benzene rings is 1. The molecule has 110 valence electrons. The normalized spacial score (nSPS) is 15.8. The third kappa shape index (κ3) is 2.39. The van der Waals surface area contributed by atoms with Crippen molar-refractivity contribution in [3.05, 3.63) is 69.3 Å². The molecule has 0 saturated carbocycles. The van der Waals surface area contributed by atoms with Crippen molar-refractivity contribution in [2.45, 2.75) is 6.92 Å². The summed E-state index contributed by atoms with van der Waals surface area (Å²) in [5, 5.41) is 11.0. The second kappa shape index (κ2) is 5.28. The van der Waals surface area contributed by atoms with Gasteiger partial charge in [-0.2, -0.15) is 0 Å². The number of esters is 1. The van der Waals surface area contributed by atoms with Crippen LogP contribution in [0, 0.1) is 17.0 Å². The molecule has 0 aliphatic carbocycles. The van der Waals surface area contributed by atoms with Gasteiger partial charge in [0.2, 0.25) is 5.90 Å². The predicted octanol–water partition coefficient (Wildman–Crippen LogP) is 2.84. The quantitative estimate of drug-likeness (QED) is 0.376. The van der Waals surface area contributed by atoms with E-state index in [1.807, 2.05) is 0 Å². The van der Waals surface area contributed by atoms with E-state index in [-0.39, 0.29) is 17.3 Å². The molecule has 3 rings (SSSR count). The van der Waals surface area contributed by atoms with E-state index in [0.717, 1.165) is 0 Å². The average Bonchev–Trinajstić information content (AvgIpc) is 3.10. The molecule has 7 nitrogen and oxygen atoms in total. The highest BCUT2D eigenvalue weighted by molar-refractivity contribution is 6.13. The number of rotatable bonds is 3. The molecule has 1 aromatic carbocycles. The van der Waals surface area contributed by atoms with Gasteiger partial charge in [0.25, 0.3) is 5.69 Å². The van der Waals surface area contributed by atoms with Crippen molar-refractivity contribution in [3.63, 3.8) is 0 Å². The van der Waals surface area contributed by atoms with Gasteiger partial charge in [-0.3, -0.25) is 10.1 Å². The Hall–Kier alpha value is -3.22. The molecule has 0 saturated heterocycles. The molecule has 0 N–H and O–H groups in total. The molecule has 0 atom stereocenters. The highest BCUT2D eigenvalue weighted by Crippen LogP contribution is 2.26. The van der Waals surface area contributed by atoms with Crippen molar-refractivity contribution < 1.29 is 18.9 Å². The van der Waals surface area contributed by atoms with Crippen LogP contribution in [0.15, 0.2) is 51.7 Å². The molecule has 0 radical (unpaired) electrons. The number of cyclic esters (lactones) is 1. The van der Waals surface area contributed by atoms with E-state index in [1.54, 1.807) is 25.1 Å². The summed E-state index contributed by atoms with van der Waals surface area (Å²) in [6.07, 6.45) is 2.92. The van der Waals surface area contributed by atoms with Gasteiger partial charge in [-0.1, -0.05) is 6.07 Å². The van der Waals surface area contributed by atoms with Gasteiger partial charge in [0.15, 0.2) is 5.70 Å². The lowest BCUT2D eigenvalue weighted by molar-refractivity contribution is -0.385. The summed E-state index contributed by atoms with van der Waals surface area (Å²) in [5.41, 5.74) is 0.819. The maximum atomic E-state index is 11.8. The number of nitro benzene ring substituents is 1. The van der Waals surface area contributed by atoms with Crippen LogP contribution >= 0.6 is 0 Å². The first-order valence-electron chi connectivity index (χ1n) is 6.36.